The number of H-pyrrole nitrogens is 1. The zero-order chi connectivity index (χ0) is 28.0. The predicted octanol–water partition coefficient (Wildman–Crippen LogP) is 8.18. The number of rotatable bonds is 10. The van der Waals surface area contributed by atoms with Crippen molar-refractivity contribution in [1.29, 1.82) is 0 Å². The lowest BCUT2D eigenvalue weighted by atomic mass is 9.92. The number of hydrogen-bond donors (Lipinski definition) is 3. The van der Waals surface area contributed by atoms with Gasteiger partial charge in [-0.2, -0.15) is 0 Å². The maximum absolute atomic E-state index is 12.3. The van der Waals surface area contributed by atoms with Gasteiger partial charge in [-0.1, -0.05) is 28.8 Å². The molecule has 3 aromatic heterocycles. The summed E-state index contributed by atoms with van der Waals surface area (Å²) in [7, 11) is 0. The lowest BCUT2D eigenvalue weighted by molar-refractivity contribution is 0.200. The van der Waals surface area contributed by atoms with E-state index in [2.05, 4.69) is 60.8 Å². The average molecular weight is 613 g/mol. The standard InChI is InChI=1S/C33H34BrN5O2/c34-24-13-16-27-30(21-24)38-28-10-4-3-9-26(28)31(27)35-17-5-1-2-6-18-37-33(40)41-25-14-11-22(12-15-25)29-20-23-8-7-19-36-32(23)39-29/h7-8,11-16,19-21H,1-6,9-10,17-18H2,(H,35,38)(H,36,39)(H,37,40). The van der Waals surface area contributed by atoms with Crippen LogP contribution in [0.25, 0.3) is 33.2 Å². The topological polar surface area (TPSA) is 91.9 Å². The highest BCUT2D eigenvalue weighted by atomic mass is 79.9. The summed E-state index contributed by atoms with van der Waals surface area (Å²) in [6.07, 6.45) is 10.1. The molecule has 3 N–H and O–H groups in total. The molecule has 1 aliphatic rings. The fourth-order valence-corrected chi connectivity index (χ4v) is 5.92. The molecule has 5 aromatic rings. The van der Waals surface area contributed by atoms with Gasteiger partial charge >= 0.3 is 6.09 Å². The van der Waals surface area contributed by atoms with Crippen molar-refractivity contribution < 1.29 is 9.53 Å². The quantitative estimate of drug-likeness (QED) is 0.138. The molecule has 210 valence electrons. The minimum absolute atomic E-state index is 0.421. The Hall–Kier alpha value is -3.91. The molecule has 0 fully saturated rings. The molecule has 3 heterocycles. The molecule has 0 aliphatic heterocycles. The van der Waals surface area contributed by atoms with Crippen molar-refractivity contribution in [2.75, 3.05) is 18.4 Å². The van der Waals surface area contributed by atoms with Gasteiger partial charge in [0.05, 0.1) is 5.52 Å². The molecule has 7 nitrogen and oxygen atoms in total. The number of aromatic amines is 1. The van der Waals surface area contributed by atoms with Crippen molar-refractivity contribution >= 4 is 49.6 Å². The molecular weight excluding hydrogens is 578 g/mol. The Labute approximate surface area is 248 Å². The lowest BCUT2D eigenvalue weighted by Gasteiger charge is -2.22. The molecule has 0 spiro atoms. The number of halogens is 1. The van der Waals surface area contributed by atoms with E-state index in [4.69, 9.17) is 9.72 Å². The number of amides is 1. The van der Waals surface area contributed by atoms with Crippen molar-refractivity contribution in [3.8, 4) is 17.0 Å². The van der Waals surface area contributed by atoms with Crippen LogP contribution in [0, 0.1) is 0 Å². The molecule has 0 radical (unpaired) electrons. The van der Waals surface area contributed by atoms with Crippen LogP contribution < -0.4 is 15.4 Å². The van der Waals surface area contributed by atoms with Gasteiger partial charge in [-0.15, -0.1) is 0 Å². The SMILES string of the molecule is O=C(NCCCCCCNc1c2c(nc3cc(Br)ccc13)CCCC2)Oc1ccc(-c2cc3cccnc3[nH]2)cc1. The number of aryl methyl sites for hydroxylation is 1. The Morgan fingerprint density at radius 2 is 1.78 bits per heavy atom. The number of benzene rings is 2. The number of hydrogen-bond acceptors (Lipinski definition) is 5. The van der Waals surface area contributed by atoms with Crippen LogP contribution in [0.1, 0.15) is 49.8 Å². The molecule has 0 saturated carbocycles. The third kappa shape index (κ3) is 6.54. The van der Waals surface area contributed by atoms with Crippen LogP contribution in [-0.4, -0.2) is 34.1 Å². The molecule has 1 amide bonds. The predicted molar refractivity (Wildman–Crippen MR) is 169 cm³/mol. The van der Waals surface area contributed by atoms with Gasteiger partial charge in [0.1, 0.15) is 11.4 Å². The molecule has 6 rings (SSSR count). The van der Waals surface area contributed by atoms with Gasteiger partial charge in [0, 0.05) is 51.6 Å². The van der Waals surface area contributed by atoms with Crippen molar-refractivity contribution in [2.45, 2.75) is 51.4 Å². The van der Waals surface area contributed by atoms with E-state index in [9.17, 15) is 4.79 Å². The van der Waals surface area contributed by atoms with E-state index in [1.165, 1.54) is 35.2 Å². The van der Waals surface area contributed by atoms with E-state index < -0.39 is 6.09 Å². The van der Waals surface area contributed by atoms with Gasteiger partial charge in [-0.25, -0.2) is 9.78 Å². The first-order chi connectivity index (χ1) is 20.1. The lowest BCUT2D eigenvalue weighted by Crippen LogP contribution is -2.27. The number of carbonyl (C=O) groups is 1. The highest BCUT2D eigenvalue weighted by Crippen LogP contribution is 2.34. The summed E-state index contributed by atoms with van der Waals surface area (Å²) in [6, 6.07) is 19.9. The number of aromatic nitrogens is 3. The Balaban J connectivity index is 0.912. The molecule has 0 bridgehead atoms. The van der Waals surface area contributed by atoms with Crippen molar-refractivity contribution in [3.63, 3.8) is 0 Å². The number of fused-ring (bicyclic) bond motifs is 3. The molecule has 0 saturated heterocycles. The number of anilines is 1. The minimum atomic E-state index is -0.421. The van der Waals surface area contributed by atoms with E-state index in [0.29, 0.717) is 12.3 Å². The van der Waals surface area contributed by atoms with Gasteiger partial charge in [0.15, 0.2) is 0 Å². The molecule has 2 aromatic carbocycles. The Bertz CT molecular complexity index is 1630. The van der Waals surface area contributed by atoms with Crippen LogP contribution in [-0.2, 0) is 12.8 Å². The van der Waals surface area contributed by atoms with Crippen molar-refractivity contribution in [3.05, 3.63) is 82.6 Å². The first kappa shape index (κ1) is 27.3. The van der Waals surface area contributed by atoms with Crippen LogP contribution in [0.5, 0.6) is 5.75 Å². The first-order valence-corrected chi connectivity index (χ1v) is 15.3. The van der Waals surface area contributed by atoms with Gasteiger partial charge in [-0.3, -0.25) is 4.98 Å². The number of nitrogens with one attached hydrogen (secondary N) is 3. The van der Waals surface area contributed by atoms with Crippen LogP contribution >= 0.6 is 15.9 Å². The molecule has 0 atom stereocenters. The maximum Gasteiger partial charge on any atom is 0.412 e. The van der Waals surface area contributed by atoms with Crippen LogP contribution in [0.15, 0.2) is 71.3 Å². The summed E-state index contributed by atoms with van der Waals surface area (Å²) in [6.45, 7) is 1.53. The second-order valence-corrected chi connectivity index (χ2v) is 11.5. The molecular formula is C33H34BrN5O2. The number of unbranched alkanes of at least 4 members (excludes halogenated alkanes) is 3. The van der Waals surface area contributed by atoms with Crippen LogP contribution in [0.3, 0.4) is 0 Å². The number of nitrogens with zero attached hydrogens (tertiary/aromatic N) is 2. The normalized spacial score (nSPS) is 12.8. The largest absolute Gasteiger partial charge is 0.412 e. The van der Waals surface area contributed by atoms with Gasteiger partial charge < -0.3 is 20.4 Å². The third-order valence-corrected chi connectivity index (χ3v) is 8.16. The van der Waals surface area contributed by atoms with E-state index in [1.807, 2.05) is 36.4 Å². The monoisotopic (exact) mass is 611 g/mol. The summed E-state index contributed by atoms with van der Waals surface area (Å²) in [4.78, 5) is 24.9. The van der Waals surface area contributed by atoms with E-state index in [-0.39, 0.29) is 0 Å². The fraction of sp³-hybridized carbons (Fsp3) is 0.303. The zero-order valence-electron chi connectivity index (χ0n) is 23.0. The summed E-state index contributed by atoms with van der Waals surface area (Å²) in [5.41, 5.74) is 7.83. The van der Waals surface area contributed by atoms with Gasteiger partial charge in [0.2, 0.25) is 0 Å². The molecule has 1 aliphatic carbocycles. The first-order valence-electron chi connectivity index (χ1n) is 14.5. The number of carbonyl (C=O) groups excluding carboxylic acids is 1. The zero-order valence-corrected chi connectivity index (χ0v) is 24.6. The molecule has 41 heavy (non-hydrogen) atoms. The van der Waals surface area contributed by atoms with Gasteiger partial charge in [-0.05, 0) is 110 Å². The fourth-order valence-electron chi connectivity index (χ4n) is 5.57. The number of ether oxygens (including phenoxy) is 1. The summed E-state index contributed by atoms with van der Waals surface area (Å²) in [5.74, 6) is 0.518. The smallest absolute Gasteiger partial charge is 0.410 e. The van der Waals surface area contributed by atoms with Crippen molar-refractivity contribution in [2.24, 2.45) is 0 Å². The van der Waals surface area contributed by atoms with E-state index in [1.54, 1.807) is 6.20 Å². The van der Waals surface area contributed by atoms with E-state index >= 15 is 0 Å². The third-order valence-electron chi connectivity index (χ3n) is 7.67. The van der Waals surface area contributed by atoms with Crippen molar-refractivity contribution in [1.82, 2.24) is 20.3 Å². The van der Waals surface area contributed by atoms with E-state index in [0.717, 1.165) is 77.3 Å². The Morgan fingerprint density at radius 1 is 0.951 bits per heavy atom. The molecule has 0 unspecified atom stereocenters. The summed E-state index contributed by atoms with van der Waals surface area (Å²) >= 11 is 3.59. The number of pyridine rings is 2. The second kappa shape index (κ2) is 12.7. The Morgan fingerprint density at radius 3 is 2.63 bits per heavy atom. The van der Waals surface area contributed by atoms with Crippen LogP contribution in [0.4, 0.5) is 10.5 Å². The van der Waals surface area contributed by atoms with Gasteiger partial charge in [0.25, 0.3) is 0 Å². The Kier molecular flexibility index (Phi) is 8.46. The van der Waals surface area contributed by atoms with Crippen LogP contribution in [0.2, 0.25) is 0 Å². The summed E-state index contributed by atoms with van der Waals surface area (Å²) in [5, 5.41) is 8.88. The highest BCUT2D eigenvalue weighted by Gasteiger charge is 2.18. The average Bonchev–Trinajstić information content (AvgIpc) is 3.43. The molecule has 8 heteroatoms. The maximum atomic E-state index is 12.3. The summed E-state index contributed by atoms with van der Waals surface area (Å²) < 4.78 is 6.52. The highest BCUT2D eigenvalue weighted by molar-refractivity contribution is 9.10. The second-order valence-electron chi connectivity index (χ2n) is 10.6. The minimum Gasteiger partial charge on any atom is -0.410 e.